The van der Waals surface area contributed by atoms with E-state index < -0.39 is 5.41 Å². The number of rotatable bonds is 3. The Morgan fingerprint density at radius 2 is 1.88 bits per heavy atom. The Balaban J connectivity index is 1.63. The average Bonchev–Trinajstić information content (AvgIpc) is 3.31. The largest absolute Gasteiger partial charge is 0.341 e. The van der Waals surface area contributed by atoms with Crippen molar-refractivity contribution < 1.29 is 9.59 Å². The molecule has 2 fully saturated rings. The normalized spacial score (nSPS) is 21.7. The molecule has 1 aliphatic heterocycles. The number of nitrogens with one attached hydrogen (secondary N) is 1. The van der Waals surface area contributed by atoms with Crippen LogP contribution in [0.5, 0.6) is 0 Å². The van der Waals surface area contributed by atoms with Crippen molar-refractivity contribution in [1.82, 2.24) is 19.7 Å². The molecule has 7 nitrogen and oxygen atoms in total. The molecule has 0 bridgehead atoms. The third kappa shape index (κ3) is 3.44. The summed E-state index contributed by atoms with van der Waals surface area (Å²) in [5.74, 6) is 1.78. The van der Waals surface area contributed by atoms with E-state index in [9.17, 15) is 9.59 Å². The standard InChI is InChI=1S/C17H27N5O2/c1-17(2,3)15(24)22-9-5-6-12(10-22)14(23)18-16-20-19-13(21(16)4)11-7-8-11/h11-12H,5-10H2,1-4H3,(H,18,20,23). The van der Waals surface area contributed by atoms with Gasteiger partial charge >= 0.3 is 0 Å². The number of carbonyl (C=O) groups is 2. The summed E-state index contributed by atoms with van der Waals surface area (Å²) in [6, 6.07) is 0. The van der Waals surface area contributed by atoms with E-state index in [4.69, 9.17) is 0 Å². The molecule has 1 aromatic heterocycles. The topological polar surface area (TPSA) is 80.1 Å². The maximum absolute atomic E-state index is 12.6. The molecule has 3 rings (SSSR count). The molecule has 7 heteroatoms. The van der Waals surface area contributed by atoms with E-state index in [-0.39, 0.29) is 17.7 Å². The lowest BCUT2D eigenvalue weighted by Crippen LogP contribution is -2.47. The van der Waals surface area contributed by atoms with Crippen LogP contribution in [0.2, 0.25) is 0 Å². The summed E-state index contributed by atoms with van der Waals surface area (Å²) in [5.41, 5.74) is -0.416. The molecule has 1 aromatic rings. The number of aromatic nitrogens is 3. The third-order valence-corrected chi connectivity index (χ3v) is 4.81. The van der Waals surface area contributed by atoms with Crippen molar-refractivity contribution in [2.45, 2.75) is 52.4 Å². The fourth-order valence-electron chi connectivity index (χ4n) is 3.21. The van der Waals surface area contributed by atoms with Crippen molar-refractivity contribution in [2.75, 3.05) is 18.4 Å². The predicted octanol–water partition coefficient (Wildman–Crippen LogP) is 1.92. The molecule has 1 unspecified atom stereocenters. The molecule has 1 saturated heterocycles. The lowest BCUT2D eigenvalue weighted by molar-refractivity contribution is -0.142. The molecule has 2 aliphatic rings. The van der Waals surface area contributed by atoms with E-state index >= 15 is 0 Å². The zero-order chi connectivity index (χ0) is 17.5. The van der Waals surface area contributed by atoms with Crippen molar-refractivity contribution in [3.05, 3.63) is 5.82 Å². The molecule has 1 N–H and O–H groups in total. The molecule has 132 valence electrons. The molecule has 1 atom stereocenters. The van der Waals surface area contributed by atoms with Crippen LogP contribution in [0.4, 0.5) is 5.95 Å². The summed E-state index contributed by atoms with van der Waals surface area (Å²) in [6.07, 6.45) is 3.94. The van der Waals surface area contributed by atoms with E-state index in [1.54, 1.807) is 0 Å². The van der Waals surface area contributed by atoms with E-state index in [2.05, 4.69) is 15.5 Å². The predicted molar refractivity (Wildman–Crippen MR) is 90.4 cm³/mol. The molecule has 0 spiro atoms. The Bertz CT molecular complexity index is 642. The molecule has 0 aromatic carbocycles. The summed E-state index contributed by atoms with van der Waals surface area (Å²) in [5, 5.41) is 11.2. The van der Waals surface area contributed by atoms with Crippen LogP contribution in [0.15, 0.2) is 0 Å². The highest BCUT2D eigenvalue weighted by atomic mass is 16.2. The van der Waals surface area contributed by atoms with Crippen LogP contribution >= 0.6 is 0 Å². The minimum absolute atomic E-state index is 0.0701. The number of hydrogen-bond donors (Lipinski definition) is 1. The summed E-state index contributed by atoms with van der Waals surface area (Å²) in [4.78, 5) is 26.9. The second-order valence-electron chi connectivity index (χ2n) is 8.04. The van der Waals surface area contributed by atoms with Crippen molar-refractivity contribution in [3.63, 3.8) is 0 Å². The maximum Gasteiger partial charge on any atom is 0.231 e. The number of carbonyl (C=O) groups excluding carboxylic acids is 2. The Morgan fingerprint density at radius 1 is 1.17 bits per heavy atom. The Morgan fingerprint density at radius 3 is 2.50 bits per heavy atom. The quantitative estimate of drug-likeness (QED) is 0.916. The minimum Gasteiger partial charge on any atom is -0.341 e. The lowest BCUT2D eigenvalue weighted by atomic mass is 9.91. The van der Waals surface area contributed by atoms with Crippen LogP contribution in [0.3, 0.4) is 0 Å². The van der Waals surface area contributed by atoms with Crippen LogP contribution in [0, 0.1) is 11.3 Å². The number of nitrogens with zero attached hydrogens (tertiary/aromatic N) is 4. The lowest BCUT2D eigenvalue weighted by Gasteiger charge is -2.35. The molecular weight excluding hydrogens is 306 g/mol. The summed E-state index contributed by atoms with van der Waals surface area (Å²) in [6.45, 7) is 6.96. The SMILES string of the molecule is Cn1c(NC(=O)C2CCCN(C(=O)C(C)(C)C)C2)nnc1C1CC1. The fraction of sp³-hybridized carbons (Fsp3) is 0.765. The second kappa shape index (κ2) is 6.18. The van der Waals surface area contributed by atoms with Gasteiger partial charge < -0.3 is 9.47 Å². The highest BCUT2D eigenvalue weighted by Crippen LogP contribution is 2.39. The van der Waals surface area contributed by atoms with Gasteiger partial charge in [-0.25, -0.2) is 0 Å². The van der Waals surface area contributed by atoms with Gasteiger partial charge in [0.15, 0.2) is 0 Å². The number of likely N-dealkylation sites (tertiary alicyclic amines) is 1. The van der Waals surface area contributed by atoms with Crippen molar-refractivity contribution >= 4 is 17.8 Å². The van der Waals surface area contributed by atoms with Crippen LogP contribution in [0.25, 0.3) is 0 Å². The first-order valence-corrected chi connectivity index (χ1v) is 8.77. The number of piperidine rings is 1. The number of hydrogen-bond acceptors (Lipinski definition) is 4. The number of amides is 2. The highest BCUT2D eigenvalue weighted by molar-refractivity contribution is 5.92. The van der Waals surface area contributed by atoms with Gasteiger partial charge in [-0.05, 0) is 25.7 Å². The molecule has 1 saturated carbocycles. The van der Waals surface area contributed by atoms with Gasteiger partial charge in [-0.2, -0.15) is 0 Å². The van der Waals surface area contributed by atoms with Gasteiger partial charge in [0.25, 0.3) is 0 Å². The van der Waals surface area contributed by atoms with Gasteiger partial charge in [0.05, 0.1) is 5.92 Å². The molecule has 2 amide bonds. The Labute approximate surface area is 142 Å². The van der Waals surface area contributed by atoms with Gasteiger partial charge in [-0.15, -0.1) is 10.2 Å². The second-order valence-corrected chi connectivity index (χ2v) is 8.04. The first-order chi connectivity index (χ1) is 11.3. The van der Waals surface area contributed by atoms with E-state index in [0.29, 0.717) is 18.4 Å². The van der Waals surface area contributed by atoms with Crippen molar-refractivity contribution in [1.29, 1.82) is 0 Å². The van der Waals surface area contributed by atoms with Crippen LogP contribution in [-0.2, 0) is 16.6 Å². The monoisotopic (exact) mass is 333 g/mol. The Kier molecular flexibility index (Phi) is 4.36. The first kappa shape index (κ1) is 16.9. The summed E-state index contributed by atoms with van der Waals surface area (Å²) in [7, 11) is 1.89. The van der Waals surface area contributed by atoms with E-state index in [1.807, 2.05) is 37.3 Å². The zero-order valence-corrected chi connectivity index (χ0v) is 15.0. The zero-order valence-electron chi connectivity index (χ0n) is 15.0. The first-order valence-electron chi connectivity index (χ1n) is 8.77. The van der Waals surface area contributed by atoms with Gasteiger partial charge in [0, 0.05) is 31.5 Å². The molecule has 1 aliphatic carbocycles. The molecule has 24 heavy (non-hydrogen) atoms. The molecule has 2 heterocycles. The van der Waals surface area contributed by atoms with Crippen LogP contribution in [-0.4, -0.2) is 44.6 Å². The van der Waals surface area contributed by atoms with Gasteiger partial charge in [0.1, 0.15) is 5.82 Å². The van der Waals surface area contributed by atoms with Crippen molar-refractivity contribution in [3.8, 4) is 0 Å². The molecular formula is C17H27N5O2. The van der Waals surface area contributed by atoms with Crippen molar-refractivity contribution in [2.24, 2.45) is 18.4 Å². The smallest absolute Gasteiger partial charge is 0.231 e. The maximum atomic E-state index is 12.6. The van der Waals surface area contributed by atoms with E-state index in [1.165, 1.54) is 0 Å². The summed E-state index contributed by atoms with van der Waals surface area (Å²) >= 11 is 0. The van der Waals surface area contributed by atoms with Crippen LogP contribution < -0.4 is 5.32 Å². The third-order valence-electron chi connectivity index (χ3n) is 4.81. The van der Waals surface area contributed by atoms with Gasteiger partial charge in [-0.3, -0.25) is 14.9 Å². The Hall–Kier alpha value is -1.92. The fourth-order valence-corrected chi connectivity index (χ4v) is 3.21. The average molecular weight is 333 g/mol. The minimum atomic E-state index is -0.416. The van der Waals surface area contributed by atoms with Crippen LogP contribution in [0.1, 0.15) is 58.2 Å². The molecule has 0 radical (unpaired) electrons. The number of anilines is 1. The summed E-state index contributed by atoms with van der Waals surface area (Å²) < 4.78 is 1.87. The highest BCUT2D eigenvalue weighted by Gasteiger charge is 2.34. The van der Waals surface area contributed by atoms with E-state index in [0.717, 1.165) is 38.1 Å². The van der Waals surface area contributed by atoms with Gasteiger partial charge in [0.2, 0.25) is 17.8 Å². The van der Waals surface area contributed by atoms with Gasteiger partial charge in [-0.1, -0.05) is 20.8 Å².